The van der Waals surface area contributed by atoms with E-state index in [1.165, 1.54) is 18.6 Å². The van der Waals surface area contributed by atoms with Crippen molar-refractivity contribution in [2.24, 2.45) is 11.7 Å². The Morgan fingerprint density at radius 2 is 2.37 bits per heavy atom. The fourth-order valence-electron chi connectivity index (χ4n) is 2.71. The van der Waals surface area contributed by atoms with Gasteiger partial charge in [-0.25, -0.2) is 4.39 Å². The molecule has 0 aliphatic carbocycles. The minimum Gasteiger partial charge on any atom is -0.384 e. The molecule has 1 aromatic carbocycles. The molecule has 2 rings (SSSR count). The molecule has 0 aromatic heterocycles. The lowest BCUT2D eigenvalue weighted by atomic mass is 10.0. The average molecular weight is 266 g/mol. The van der Waals surface area contributed by atoms with Crippen LogP contribution in [0.1, 0.15) is 24.4 Å². The SMILES string of the molecule is COCC1CCN(CCC(N)c2cccc(F)c2)C1. The monoisotopic (exact) mass is 266 g/mol. The molecule has 0 spiro atoms. The summed E-state index contributed by atoms with van der Waals surface area (Å²) in [6, 6.07) is 6.51. The zero-order chi connectivity index (χ0) is 13.7. The fraction of sp³-hybridized carbons (Fsp3) is 0.600. The fourth-order valence-corrected chi connectivity index (χ4v) is 2.71. The minimum atomic E-state index is -0.214. The standard InChI is InChI=1S/C15H23FN2O/c1-19-11-12-5-7-18(10-12)8-6-15(17)13-3-2-4-14(16)9-13/h2-4,9,12,15H,5-8,10-11,17H2,1H3. The third kappa shape index (κ3) is 4.27. The lowest BCUT2D eigenvalue weighted by molar-refractivity contribution is 0.153. The van der Waals surface area contributed by atoms with Crippen LogP contribution in [-0.2, 0) is 4.74 Å². The van der Waals surface area contributed by atoms with Gasteiger partial charge in [-0.1, -0.05) is 12.1 Å². The van der Waals surface area contributed by atoms with Crippen LogP contribution in [0.4, 0.5) is 4.39 Å². The second kappa shape index (κ2) is 6.98. The Labute approximate surface area is 114 Å². The smallest absolute Gasteiger partial charge is 0.123 e. The summed E-state index contributed by atoms with van der Waals surface area (Å²) in [5.74, 6) is 0.435. The summed E-state index contributed by atoms with van der Waals surface area (Å²) in [5, 5.41) is 0. The van der Waals surface area contributed by atoms with Crippen molar-refractivity contribution in [2.75, 3.05) is 33.4 Å². The number of methoxy groups -OCH3 is 1. The summed E-state index contributed by atoms with van der Waals surface area (Å²) in [6.45, 7) is 4.01. The number of benzene rings is 1. The van der Waals surface area contributed by atoms with Gasteiger partial charge < -0.3 is 15.4 Å². The maximum Gasteiger partial charge on any atom is 0.123 e. The van der Waals surface area contributed by atoms with Crippen molar-refractivity contribution in [1.82, 2.24) is 4.90 Å². The molecule has 19 heavy (non-hydrogen) atoms. The van der Waals surface area contributed by atoms with Crippen LogP contribution in [-0.4, -0.2) is 38.3 Å². The molecule has 0 saturated carbocycles. The summed E-state index contributed by atoms with van der Waals surface area (Å²) in [7, 11) is 1.75. The second-order valence-electron chi connectivity index (χ2n) is 5.36. The van der Waals surface area contributed by atoms with Gasteiger partial charge in [0.05, 0.1) is 6.61 Å². The Morgan fingerprint density at radius 3 is 3.11 bits per heavy atom. The van der Waals surface area contributed by atoms with Gasteiger partial charge in [-0.3, -0.25) is 0 Å². The van der Waals surface area contributed by atoms with Crippen LogP contribution >= 0.6 is 0 Å². The van der Waals surface area contributed by atoms with Crippen molar-refractivity contribution in [3.63, 3.8) is 0 Å². The Hall–Kier alpha value is -0.970. The largest absolute Gasteiger partial charge is 0.384 e. The number of nitrogens with two attached hydrogens (primary N) is 1. The molecule has 1 saturated heterocycles. The van der Waals surface area contributed by atoms with Gasteiger partial charge in [0.25, 0.3) is 0 Å². The first-order valence-corrected chi connectivity index (χ1v) is 6.91. The van der Waals surface area contributed by atoms with Crippen LogP contribution in [0.3, 0.4) is 0 Å². The van der Waals surface area contributed by atoms with Crippen molar-refractivity contribution in [3.8, 4) is 0 Å². The number of nitrogens with zero attached hydrogens (tertiary/aromatic N) is 1. The third-order valence-electron chi connectivity index (χ3n) is 3.81. The Morgan fingerprint density at radius 1 is 1.53 bits per heavy atom. The van der Waals surface area contributed by atoms with E-state index in [4.69, 9.17) is 10.5 Å². The Bertz CT molecular complexity index is 399. The third-order valence-corrected chi connectivity index (χ3v) is 3.81. The van der Waals surface area contributed by atoms with Crippen LogP contribution in [0.15, 0.2) is 24.3 Å². The number of hydrogen-bond acceptors (Lipinski definition) is 3. The van der Waals surface area contributed by atoms with Crippen molar-refractivity contribution in [1.29, 1.82) is 0 Å². The summed E-state index contributed by atoms with van der Waals surface area (Å²) in [6.07, 6.45) is 2.06. The first kappa shape index (κ1) is 14.4. The van der Waals surface area contributed by atoms with E-state index < -0.39 is 0 Å². The lowest BCUT2D eigenvalue weighted by Crippen LogP contribution is -2.26. The summed E-state index contributed by atoms with van der Waals surface area (Å²) < 4.78 is 18.3. The molecule has 0 radical (unpaired) electrons. The molecule has 1 aromatic rings. The van der Waals surface area contributed by atoms with Gasteiger partial charge in [-0.2, -0.15) is 0 Å². The molecule has 1 heterocycles. The summed E-state index contributed by atoms with van der Waals surface area (Å²) in [4.78, 5) is 2.42. The normalized spacial score (nSPS) is 21.7. The van der Waals surface area contributed by atoms with E-state index in [9.17, 15) is 4.39 Å². The Kier molecular flexibility index (Phi) is 5.31. The molecular weight excluding hydrogens is 243 g/mol. The molecule has 2 atom stereocenters. The topological polar surface area (TPSA) is 38.5 Å². The first-order chi connectivity index (χ1) is 9.19. The first-order valence-electron chi connectivity index (χ1n) is 6.91. The van der Waals surface area contributed by atoms with E-state index in [2.05, 4.69) is 4.90 Å². The van der Waals surface area contributed by atoms with Crippen molar-refractivity contribution in [3.05, 3.63) is 35.6 Å². The average Bonchev–Trinajstić information content (AvgIpc) is 2.84. The molecule has 4 heteroatoms. The zero-order valence-electron chi connectivity index (χ0n) is 11.5. The number of hydrogen-bond donors (Lipinski definition) is 1. The second-order valence-corrected chi connectivity index (χ2v) is 5.36. The molecule has 0 bridgehead atoms. The molecule has 1 aliphatic rings. The van der Waals surface area contributed by atoms with Gasteiger partial charge in [0.15, 0.2) is 0 Å². The van der Waals surface area contributed by atoms with Gasteiger partial charge in [0.1, 0.15) is 5.82 Å². The van der Waals surface area contributed by atoms with E-state index in [0.29, 0.717) is 5.92 Å². The van der Waals surface area contributed by atoms with Crippen molar-refractivity contribution in [2.45, 2.75) is 18.9 Å². The summed E-state index contributed by atoms with van der Waals surface area (Å²) >= 11 is 0. The predicted octanol–water partition coefficient (Wildman–Crippen LogP) is 2.18. The predicted molar refractivity (Wildman–Crippen MR) is 74.4 cm³/mol. The van der Waals surface area contributed by atoms with E-state index in [1.807, 2.05) is 6.07 Å². The lowest BCUT2D eigenvalue weighted by Gasteiger charge is -2.19. The molecule has 106 valence electrons. The maximum absolute atomic E-state index is 13.1. The molecule has 3 nitrogen and oxygen atoms in total. The zero-order valence-corrected chi connectivity index (χ0v) is 11.5. The highest BCUT2D eigenvalue weighted by Gasteiger charge is 2.22. The summed E-state index contributed by atoms with van der Waals surface area (Å²) in [5.41, 5.74) is 7.00. The molecule has 0 amide bonds. The highest BCUT2D eigenvalue weighted by Crippen LogP contribution is 2.20. The Balaban J connectivity index is 1.76. The van der Waals surface area contributed by atoms with E-state index in [-0.39, 0.29) is 11.9 Å². The van der Waals surface area contributed by atoms with E-state index in [1.54, 1.807) is 13.2 Å². The number of likely N-dealkylation sites (tertiary alicyclic amines) is 1. The van der Waals surface area contributed by atoms with Crippen molar-refractivity contribution >= 4 is 0 Å². The van der Waals surface area contributed by atoms with E-state index in [0.717, 1.165) is 38.2 Å². The highest BCUT2D eigenvalue weighted by molar-refractivity contribution is 5.19. The van der Waals surface area contributed by atoms with Crippen LogP contribution in [0.2, 0.25) is 0 Å². The molecule has 1 aliphatic heterocycles. The quantitative estimate of drug-likeness (QED) is 0.857. The molecular formula is C15H23FN2O. The van der Waals surface area contributed by atoms with Crippen molar-refractivity contribution < 1.29 is 9.13 Å². The van der Waals surface area contributed by atoms with E-state index >= 15 is 0 Å². The van der Waals surface area contributed by atoms with Gasteiger partial charge in [0, 0.05) is 19.7 Å². The van der Waals surface area contributed by atoms with Gasteiger partial charge >= 0.3 is 0 Å². The molecule has 2 unspecified atom stereocenters. The number of ether oxygens (including phenoxy) is 1. The minimum absolute atomic E-state index is 0.0859. The number of halogens is 1. The highest BCUT2D eigenvalue weighted by atomic mass is 19.1. The van der Waals surface area contributed by atoms with Crippen LogP contribution in [0, 0.1) is 11.7 Å². The van der Waals surface area contributed by atoms with Crippen LogP contribution < -0.4 is 5.73 Å². The maximum atomic E-state index is 13.1. The van der Waals surface area contributed by atoms with Gasteiger partial charge in [-0.05, 0) is 49.5 Å². The van der Waals surface area contributed by atoms with Gasteiger partial charge in [0.2, 0.25) is 0 Å². The van der Waals surface area contributed by atoms with Crippen LogP contribution in [0.25, 0.3) is 0 Å². The van der Waals surface area contributed by atoms with Gasteiger partial charge in [-0.15, -0.1) is 0 Å². The van der Waals surface area contributed by atoms with Crippen LogP contribution in [0.5, 0.6) is 0 Å². The molecule has 1 fully saturated rings. The number of rotatable bonds is 6. The molecule has 2 N–H and O–H groups in total.